The van der Waals surface area contributed by atoms with Gasteiger partial charge >= 0.3 is 0 Å². The molecule has 0 unspecified atom stereocenters. The Morgan fingerprint density at radius 3 is 2.83 bits per heavy atom. The van der Waals surface area contributed by atoms with E-state index in [9.17, 15) is 0 Å². The van der Waals surface area contributed by atoms with Crippen LogP contribution in [-0.2, 0) is 0 Å². The molecule has 5 rings (SSSR count). The first kappa shape index (κ1) is 18.8. The molecule has 0 amide bonds. The number of fused-ring (bicyclic) bond motifs is 1. The molecule has 0 spiro atoms. The topological polar surface area (TPSA) is 33.4 Å². The maximum Gasteiger partial charge on any atom is 0.160 e. The molecular formula is C23H23ClN4S. The average Bonchev–Trinajstić information content (AvgIpc) is 3.45. The van der Waals surface area contributed by atoms with E-state index in [2.05, 4.69) is 64.0 Å². The van der Waals surface area contributed by atoms with Crippen LogP contribution in [0.4, 0.5) is 0 Å². The molecule has 0 bridgehead atoms. The standard InChI is InChI=1S/C23H23ClN4S/c1-3-16-14-29-23-26-21(19-7-4-5-11-25-19)22(28(16)23)20-8-6-12-27(20)17-9-10-18(24)15(2)13-17/h4-13,16,21-22H,3,14H2,1-2H3/t16-,21+,22+/m0/s1. The summed E-state index contributed by atoms with van der Waals surface area (Å²) in [5.74, 6) is 1.10. The van der Waals surface area contributed by atoms with E-state index in [0.717, 1.165) is 39.3 Å². The molecule has 1 fully saturated rings. The summed E-state index contributed by atoms with van der Waals surface area (Å²) in [4.78, 5) is 12.3. The van der Waals surface area contributed by atoms with E-state index < -0.39 is 0 Å². The highest BCUT2D eigenvalue weighted by Crippen LogP contribution is 2.48. The Balaban J connectivity index is 1.63. The lowest BCUT2D eigenvalue weighted by Gasteiger charge is -2.32. The van der Waals surface area contributed by atoms with Gasteiger partial charge < -0.3 is 9.47 Å². The van der Waals surface area contributed by atoms with Gasteiger partial charge in [0.15, 0.2) is 5.17 Å². The molecule has 1 aromatic carbocycles. The zero-order chi connectivity index (χ0) is 20.0. The van der Waals surface area contributed by atoms with Crippen LogP contribution in [0.1, 0.15) is 42.4 Å². The third kappa shape index (κ3) is 3.17. The zero-order valence-electron chi connectivity index (χ0n) is 16.5. The van der Waals surface area contributed by atoms with Gasteiger partial charge in [0.1, 0.15) is 12.1 Å². The lowest BCUT2D eigenvalue weighted by Crippen LogP contribution is -2.36. The second-order valence-corrected chi connectivity index (χ2v) is 8.97. The van der Waals surface area contributed by atoms with Gasteiger partial charge in [-0.05, 0) is 61.4 Å². The zero-order valence-corrected chi connectivity index (χ0v) is 18.1. The summed E-state index contributed by atoms with van der Waals surface area (Å²) in [6, 6.07) is 17.3. The van der Waals surface area contributed by atoms with Gasteiger partial charge in [0.25, 0.3) is 0 Å². The number of rotatable bonds is 4. The van der Waals surface area contributed by atoms with Crippen molar-refractivity contribution >= 4 is 28.5 Å². The van der Waals surface area contributed by atoms with Crippen LogP contribution in [0.25, 0.3) is 5.69 Å². The highest BCUT2D eigenvalue weighted by molar-refractivity contribution is 8.14. The van der Waals surface area contributed by atoms with E-state index >= 15 is 0 Å². The van der Waals surface area contributed by atoms with Crippen molar-refractivity contribution in [1.82, 2.24) is 14.5 Å². The van der Waals surface area contributed by atoms with Crippen molar-refractivity contribution in [3.8, 4) is 5.69 Å². The monoisotopic (exact) mass is 422 g/mol. The van der Waals surface area contributed by atoms with Crippen LogP contribution in [0, 0.1) is 6.92 Å². The highest BCUT2D eigenvalue weighted by Gasteiger charge is 2.46. The third-order valence-electron chi connectivity index (χ3n) is 5.83. The number of aromatic nitrogens is 2. The van der Waals surface area contributed by atoms with Crippen molar-refractivity contribution in [1.29, 1.82) is 0 Å². The van der Waals surface area contributed by atoms with Crippen molar-refractivity contribution in [2.24, 2.45) is 4.99 Å². The minimum Gasteiger partial charge on any atom is -0.337 e. The van der Waals surface area contributed by atoms with Gasteiger partial charge in [-0.3, -0.25) is 9.98 Å². The number of hydrogen-bond acceptors (Lipinski definition) is 4. The van der Waals surface area contributed by atoms with Crippen LogP contribution in [-0.4, -0.2) is 31.4 Å². The van der Waals surface area contributed by atoms with E-state index in [1.807, 2.05) is 37.0 Å². The first-order valence-electron chi connectivity index (χ1n) is 10.0. The molecule has 0 radical (unpaired) electrons. The maximum absolute atomic E-state index is 6.28. The molecule has 29 heavy (non-hydrogen) atoms. The van der Waals surface area contributed by atoms with Gasteiger partial charge in [0.05, 0.1) is 5.69 Å². The van der Waals surface area contributed by atoms with Gasteiger partial charge in [0.2, 0.25) is 0 Å². The summed E-state index contributed by atoms with van der Waals surface area (Å²) >= 11 is 8.15. The fourth-order valence-electron chi connectivity index (χ4n) is 4.32. The number of aliphatic imine (C=N–C) groups is 1. The average molecular weight is 423 g/mol. The second-order valence-electron chi connectivity index (χ2n) is 7.57. The van der Waals surface area contributed by atoms with Crippen LogP contribution >= 0.6 is 23.4 Å². The van der Waals surface area contributed by atoms with Crippen LogP contribution in [0.3, 0.4) is 0 Å². The Kier molecular flexibility index (Phi) is 4.88. The maximum atomic E-state index is 6.28. The number of nitrogens with zero attached hydrogens (tertiary/aromatic N) is 4. The Morgan fingerprint density at radius 2 is 2.07 bits per heavy atom. The van der Waals surface area contributed by atoms with Crippen molar-refractivity contribution in [3.05, 3.63) is 82.9 Å². The van der Waals surface area contributed by atoms with Gasteiger partial charge in [-0.2, -0.15) is 0 Å². The van der Waals surface area contributed by atoms with Crippen molar-refractivity contribution in [3.63, 3.8) is 0 Å². The SMILES string of the molecule is CC[C@H]1CSC2=N[C@H](c3ccccn3)[C@@H](c3cccn3-c3ccc(Cl)c(C)c3)N21. The molecule has 6 heteroatoms. The number of halogens is 1. The predicted molar refractivity (Wildman–Crippen MR) is 121 cm³/mol. The van der Waals surface area contributed by atoms with Crippen molar-refractivity contribution in [2.45, 2.75) is 38.4 Å². The number of hydrogen-bond donors (Lipinski definition) is 0. The first-order valence-corrected chi connectivity index (χ1v) is 11.4. The Morgan fingerprint density at radius 1 is 1.17 bits per heavy atom. The van der Waals surface area contributed by atoms with Crippen molar-refractivity contribution in [2.75, 3.05) is 5.75 Å². The smallest absolute Gasteiger partial charge is 0.160 e. The van der Waals surface area contributed by atoms with E-state index in [1.54, 1.807) is 0 Å². The normalized spacial score (nSPS) is 23.3. The van der Waals surface area contributed by atoms with E-state index in [-0.39, 0.29) is 12.1 Å². The largest absolute Gasteiger partial charge is 0.337 e. The molecule has 4 heterocycles. The molecule has 3 atom stereocenters. The van der Waals surface area contributed by atoms with Gasteiger partial charge in [-0.1, -0.05) is 36.4 Å². The lowest BCUT2D eigenvalue weighted by molar-refractivity contribution is 0.249. The fraction of sp³-hybridized carbons (Fsp3) is 0.304. The van der Waals surface area contributed by atoms with Crippen LogP contribution < -0.4 is 0 Å². The number of aryl methyl sites for hydroxylation is 1. The molecule has 0 aliphatic carbocycles. The molecule has 148 valence electrons. The van der Waals surface area contributed by atoms with Gasteiger partial charge in [-0.25, -0.2) is 0 Å². The van der Waals surface area contributed by atoms with Crippen LogP contribution in [0.5, 0.6) is 0 Å². The molecule has 2 aliphatic rings. The molecule has 2 aromatic heterocycles. The minimum absolute atomic E-state index is 0.00454. The molecule has 0 N–H and O–H groups in total. The Labute approximate surface area is 180 Å². The summed E-state index contributed by atoms with van der Waals surface area (Å²) in [5.41, 5.74) is 4.47. The van der Waals surface area contributed by atoms with E-state index in [4.69, 9.17) is 16.6 Å². The summed E-state index contributed by atoms with van der Waals surface area (Å²) in [5, 5.41) is 1.94. The summed E-state index contributed by atoms with van der Waals surface area (Å²) in [6.45, 7) is 4.31. The number of amidine groups is 1. The third-order valence-corrected chi connectivity index (χ3v) is 7.38. The molecule has 0 saturated carbocycles. The molecule has 4 nitrogen and oxygen atoms in total. The van der Waals surface area contributed by atoms with Gasteiger partial charge in [-0.15, -0.1) is 0 Å². The van der Waals surface area contributed by atoms with E-state index in [1.165, 1.54) is 5.69 Å². The predicted octanol–water partition coefficient (Wildman–Crippen LogP) is 5.81. The second kappa shape index (κ2) is 7.54. The molecule has 1 saturated heterocycles. The van der Waals surface area contributed by atoms with Crippen LogP contribution in [0.2, 0.25) is 5.02 Å². The number of thioether (sulfide) groups is 1. The fourth-order valence-corrected chi connectivity index (χ4v) is 5.78. The first-order chi connectivity index (χ1) is 14.2. The highest BCUT2D eigenvalue weighted by atomic mass is 35.5. The molecular weight excluding hydrogens is 400 g/mol. The minimum atomic E-state index is -0.00454. The van der Waals surface area contributed by atoms with Crippen molar-refractivity contribution < 1.29 is 0 Å². The quantitative estimate of drug-likeness (QED) is 0.531. The number of pyridine rings is 1. The van der Waals surface area contributed by atoms with Gasteiger partial charge in [0, 0.05) is 40.6 Å². The Bertz CT molecular complexity index is 1060. The van der Waals surface area contributed by atoms with Crippen LogP contribution in [0.15, 0.2) is 65.9 Å². The molecule has 2 aliphatic heterocycles. The lowest BCUT2D eigenvalue weighted by atomic mass is 9.99. The summed E-state index contributed by atoms with van der Waals surface area (Å²) < 4.78 is 2.28. The summed E-state index contributed by atoms with van der Waals surface area (Å²) in [6.07, 6.45) is 5.11. The Hall–Kier alpha value is -2.24. The van der Waals surface area contributed by atoms with E-state index in [0.29, 0.717) is 6.04 Å². The number of benzene rings is 1. The summed E-state index contributed by atoms with van der Waals surface area (Å²) in [7, 11) is 0. The molecule has 3 aromatic rings.